The lowest BCUT2D eigenvalue weighted by Gasteiger charge is -2.34. The first kappa shape index (κ1) is 26.4. The van der Waals surface area contributed by atoms with Crippen LogP contribution in [0.2, 0.25) is 0 Å². The number of aliphatic hydroxyl groups excluding tert-OH is 2. The summed E-state index contributed by atoms with van der Waals surface area (Å²) in [5.41, 5.74) is 0. The largest absolute Gasteiger partial charge is 0.480 e. The van der Waals surface area contributed by atoms with Crippen LogP contribution in [0.1, 0.15) is 5.82 Å². The number of carbonyl (C=O) groups excluding carboxylic acids is 1. The van der Waals surface area contributed by atoms with Gasteiger partial charge in [-0.25, -0.2) is 9.78 Å². The Bertz CT molecular complexity index is 876. The first-order chi connectivity index (χ1) is 15.6. The Morgan fingerprint density at radius 2 is 1.94 bits per heavy atom. The number of carboxylic acid groups (broad SMARTS) is 1. The molecule has 0 bridgehead atoms. The second-order valence-electron chi connectivity index (χ2n) is 6.74. The third-order valence-electron chi connectivity index (χ3n) is 4.20. The van der Waals surface area contributed by atoms with Crippen LogP contribution < -0.4 is 5.32 Å². The van der Waals surface area contributed by atoms with Gasteiger partial charge in [0, 0.05) is 17.7 Å². The van der Waals surface area contributed by atoms with E-state index in [1.807, 2.05) is 0 Å². The van der Waals surface area contributed by atoms with E-state index in [4.69, 9.17) is 19.3 Å². The maximum absolute atomic E-state index is 12.7. The molecule has 1 aliphatic heterocycles. The van der Waals surface area contributed by atoms with Crippen molar-refractivity contribution in [3.05, 3.63) is 22.9 Å². The van der Waals surface area contributed by atoms with Gasteiger partial charge in [-0.15, -0.1) is 0 Å². The Kier molecular flexibility index (Phi) is 9.88. The quantitative estimate of drug-likeness (QED) is 0.337. The van der Waals surface area contributed by atoms with Gasteiger partial charge >= 0.3 is 23.8 Å². The summed E-state index contributed by atoms with van der Waals surface area (Å²) in [6, 6.07) is 3.53. The highest BCUT2D eigenvalue weighted by Gasteiger charge is 2.41. The molecule has 1 aromatic heterocycles. The number of ether oxygens (including phenoxy) is 3. The molecular weight excluding hydrogens is 457 g/mol. The van der Waals surface area contributed by atoms with Gasteiger partial charge in [0.25, 0.3) is 0 Å². The summed E-state index contributed by atoms with van der Waals surface area (Å²) in [5, 5.41) is 31.3. The highest BCUT2D eigenvalue weighted by atomic mass is 19.4. The lowest BCUT2D eigenvalue weighted by Crippen LogP contribution is -2.53. The van der Waals surface area contributed by atoms with Crippen LogP contribution in [0.5, 0.6) is 0 Å². The number of aromatic nitrogens is 2. The van der Waals surface area contributed by atoms with Gasteiger partial charge in [-0.3, -0.25) is 4.79 Å². The molecule has 33 heavy (non-hydrogen) atoms. The van der Waals surface area contributed by atoms with Gasteiger partial charge in [-0.05, 0) is 0 Å². The van der Waals surface area contributed by atoms with E-state index in [9.17, 15) is 33.0 Å². The molecule has 1 unspecified atom stereocenters. The number of hydrogen-bond acceptors (Lipinski definition) is 9. The van der Waals surface area contributed by atoms with Crippen LogP contribution in [0, 0.1) is 12.0 Å². The number of hydrogen-bond donors (Lipinski definition) is 4. The molecule has 0 spiro atoms. The molecule has 12 nitrogen and oxygen atoms in total. The van der Waals surface area contributed by atoms with E-state index in [1.165, 1.54) is 0 Å². The summed E-state index contributed by atoms with van der Waals surface area (Å²) in [4.78, 5) is 32.0. The molecule has 4 atom stereocenters. The molecule has 0 saturated carbocycles. The first-order valence-corrected chi connectivity index (χ1v) is 9.56. The molecule has 0 aliphatic carbocycles. The van der Waals surface area contributed by atoms with E-state index in [2.05, 4.69) is 26.2 Å². The molecule has 1 saturated heterocycles. The van der Waals surface area contributed by atoms with Crippen LogP contribution in [-0.2, 0) is 30.0 Å². The van der Waals surface area contributed by atoms with Gasteiger partial charge in [0.05, 0.1) is 25.9 Å². The zero-order valence-electron chi connectivity index (χ0n) is 17.1. The molecule has 1 aliphatic rings. The second-order valence-corrected chi connectivity index (χ2v) is 6.74. The highest BCUT2D eigenvalue weighted by molar-refractivity contribution is 5.77. The number of carbonyl (C=O) groups is 2. The summed E-state index contributed by atoms with van der Waals surface area (Å²) >= 11 is 0. The van der Waals surface area contributed by atoms with Crippen molar-refractivity contribution in [1.82, 2.24) is 15.3 Å². The van der Waals surface area contributed by atoms with E-state index in [0.717, 1.165) is 12.3 Å². The minimum atomic E-state index is -4.74. The van der Waals surface area contributed by atoms with Crippen LogP contribution in [0.3, 0.4) is 0 Å². The minimum absolute atomic E-state index is 0.00435. The van der Waals surface area contributed by atoms with E-state index < -0.39 is 54.7 Å². The molecule has 2 rings (SSSR count). The first-order valence-electron chi connectivity index (χ1n) is 9.56. The summed E-state index contributed by atoms with van der Waals surface area (Å²) in [7, 11) is 0. The van der Waals surface area contributed by atoms with Gasteiger partial charge in [-0.2, -0.15) is 18.0 Å². The maximum Gasteiger partial charge on any atom is 0.477 e. The number of rotatable bonds is 9. The number of aliphatic hydroxyl groups is 2. The normalized spacial score (nSPS) is 22.8. The van der Waals surface area contributed by atoms with Crippen molar-refractivity contribution >= 4 is 17.7 Å². The van der Waals surface area contributed by atoms with Gasteiger partial charge in [0.15, 0.2) is 6.07 Å². The Morgan fingerprint density at radius 1 is 1.24 bits per heavy atom. The summed E-state index contributed by atoms with van der Waals surface area (Å²) < 4.78 is 53.1. The van der Waals surface area contributed by atoms with Gasteiger partial charge in [-0.1, -0.05) is 0 Å². The second kappa shape index (κ2) is 12.4. The van der Waals surface area contributed by atoms with Crippen LogP contribution in [0.4, 0.5) is 19.0 Å². The Hall–Kier alpha value is -2.90. The van der Waals surface area contributed by atoms with Crippen LogP contribution in [0.15, 0.2) is 12.3 Å². The standard InChI is InChI=1S/C18H21F3N4O8/c19-18(20,21)17-22-2-1-12(25-17)23-5-10-7-33-11(16(30)15(10)29)6-24-13(26)8-31-3-4-32-9-14(27)28/h1-2,10-11,15-16,29-30H,3-4,6-9H2,(H-,24,26,27,28)/p+1/t10?,11-,15-,16+/m1/s1. The van der Waals surface area contributed by atoms with E-state index >= 15 is 0 Å². The number of alkyl halides is 3. The minimum Gasteiger partial charge on any atom is -0.480 e. The average molecular weight is 479 g/mol. The fraction of sp³-hybridized carbons (Fsp3) is 0.611. The maximum atomic E-state index is 12.7. The summed E-state index contributed by atoms with van der Waals surface area (Å²) in [6.45, 7) is -1.16. The predicted molar refractivity (Wildman–Crippen MR) is 101 cm³/mol. The fourth-order valence-electron chi connectivity index (χ4n) is 2.58. The highest BCUT2D eigenvalue weighted by Crippen LogP contribution is 2.27. The number of amides is 1. The average Bonchev–Trinajstić information content (AvgIpc) is 2.76. The molecule has 15 heteroatoms. The lowest BCUT2D eigenvalue weighted by molar-refractivity contribution is -0.153. The molecule has 4 N–H and O–H groups in total. The van der Waals surface area contributed by atoms with Crippen molar-refractivity contribution in [3.63, 3.8) is 0 Å². The zero-order chi connectivity index (χ0) is 24.4. The lowest BCUT2D eigenvalue weighted by atomic mass is 9.93. The molecule has 0 aromatic carbocycles. The number of aliphatic carboxylic acids is 1. The number of carboxylic acids is 1. The van der Waals surface area contributed by atoms with Gasteiger partial charge in [0.1, 0.15) is 37.4 Å². The third kappa shape index (κ3) is 8.86. The fourth-order valence-corrected chi connectivity index (χ4v) is 2.58. The number of nitrogens with zero attached hydrogens (tertiary/aromatic N) is 3. The molecule has 2 heterocycles. The van der Waals surface area contributed by atoms with Crippen LogP contribution in [-0.4, -0.2) is 95.1 Å². The molecule has 182 valence electrons. The van der Waals surface area contributed by atoms with Crippen LogP contribution >= 0.6 is 0 Å². The third-order valence-corrected chi connectivity index (χ3v) is 4.20. The monoisotopic (exact) mass is 479 g/mol. The van der Waals surface area contributed by atoms with Crippen molar-refractivity contribution in [2.45, 2.75) is 24.5 Å². The van der Waals surface area contributed by atoms with Crippen LogP contribution in [0.25, 0.3) is 4.85 Å². The molecule has 1 fully saturated rings. The number of halogens is 3. The van der Waals surface area contributed by atoms with E-state index in [1.54, 1.807) is 0 Å². The number of nitrogens with one attached hydrogen (secondary N) is 1. The SMILES string of the molecule is O=C(O)COCCOCC(=O)NC[C@H]1OCC(C#[N+]c2ccnc(C(F)(F)F)n2)[C@@H](O)[C@H]1O. The molecular formula is C18H22F3N4O8+. The Labute approximate surface area is 185 Å². The van der Waals surface area contributed by atoms with Crippen molar-refractivity contribution < 1.29 is 52.3 Å². The van der Waals surface area contributed by atoms with Crippen molar-refractivity contribution in [2.75, 3.05) is 39.6 Å². The van der Waals surface area contributed by atoms with E-state index in [-0.39, 0.29) is 38.8 Å². The molecule has 1 amide bonds. The van der Waals surface area contributed by atoms with E-state index in [0.29, 0.717) is 0 Å². The topological polar surface area (TPSA) is 165 Å². The van der Waals surface area contributed by atoms with Gasteiger partial charge < -0.3 is 34.8 Å². The van der Waals surface area contributed by atoms with Crippen molar-refractivity contribution in [2.24, 2.45) is 5.92 Å². The summed E-state index contributed by atoms with van der Waals surface area (Å²) in [6.07, 6.45) is -7.67. The Balaban J connectivity index is 1.77. The predicted octanol–water partition coefficient (Wildman–Crippen LogP) is -0.569. The zero-order valence-corrected chi connectivity index (χ0v) is 17.1. The van der Waals surface area contributed by atoms with Crippen molar-refractivity contribution in [3.8, 4) is 6.07 Å². The summed E-state index contributed by atoms with van der Waals surface area (Å²) in [5.74, 6) is -4.33. The van der Waals surface area contributed by atoms with Crippen molar-refractivity contribution in [1.29, 1.82) is 0 Å². The Morgan fingerprint density at radius 3 is 2.61 bits per heavy atom. The smallest absolute Gasteiger partial charge is 0.477 e. The molecule has 0 radical (unpaired) electrons. The molecule has 1 aromatic rings. The van der Waals surface area contributed by atoms with Gasteiger partial charge in [0.2, 0.25) is 5.91 Å².